The van der Waals surface area contributed by atoms with Gasteiger partial charge >= 0.3 is 0 Å². The zero-order chi connectivity index (χ0) is 17.6. The highest BCUT2D eigenvalue weighted by Gasteiger charge is 2.11. The number of rotatable bonds is 6. The SMILES string of the molecule is Cn1cc([C@H](O)CNC(=O)Cc2ccc(-c3ccccc3)cc2)cn1. The van der Waals surface area contributed by atoms with Crippen LogP contribution in [0.15, 0.2) is 67.0 Å². The van der Waals surface area contributed by atoms with Gasteiger partial charge in [0.15, 0.2) is 0 Å². The van der Waals surface area contributed by atoms with Crippen LogP contribution in [0.4, 0.5) is 0 Å². The van der Waals surface area contributed by atoms with Gasteiger partial charge in [-0.3, -0.25) is 9.48 Å². The Hall–Kier alpha value is -2.92. The summed E-state index contributed by atoms with van der Waals surface area (Å²) in [6, 6.07) is 18.1. The first-order chi connectivity index (χ1) is 12.1. The van der Waals surface area contributed by atoms with E-state index >= 15 is 0 Å². The zero-order valence-corrected chi connectivity index (χ0v) is 14.1. The molecular formula is C20H21N3O2. The lowest BCUT2D eigenvalue weighted by atomic mass is 10.0. The second kappa shape index (κ2) is 7.77. The van der Waals surface area contributed by atoms with Gasteiger partial charge in [-0.05, 0) is 16.7 Å². The van der Waals surface area contributed by atoms with Gasteiger partial charge in [0.2, 0.25) is 5.91 Å². The number of hydrogen-bond acceptors (Lipinski definition) is 3. The molecule has 0 radical (unpaired) electrons. The van der Waals surface area contributed by atoms with Gasteiger partial charge in [-0.2, -0.15) is 5.10 Å². The Morgan fingerprint density at radius 1 is 1.12 bits per heavy atom. The molecule has 5 nitrogen and oxygen atoms in total. The molecule has 0 aliphatic rings. The van der Waals surface area contributed by atoms with Crippen molar-refractivity contribution in [3.63, 3.8) is 0 Å². The first-order valence-electron chi connectivity index (χ1n) is 8.19. The highest BCUT2D eigenvalue weighted by atomic mass is 16.3. The average Bonchev–Trinajstić information content (AvgIpc) is 3.08. The molecule has 3 rings (SSSR count). The van der Waals surface area contributed by atoms with E-state index in [1.165, 1.54) is 0 Å². The topological polar surface area (TPSA) is 67.2 Å². The molecule has 25 heavy (non-hydrogen) atoms. The van der Waals surface area contributed by atoms with E-state index in [4.69, 9.17) is 0 Å². The maximum Gasteiger partial charge on any atom is 0.224 e. The highest BCUT2D eigenvalue weighted by Crippen LogP contribution is 2.19. The minimum absolute atomic E-state index is 0.115. The third kappa shape index (κ3) is 4.55. The molecule has 0 bridgehead atoms. The molecule has 1 heterocycles. The Labute approximate surface area is 146 Å². The molecule has 0 saturated carbocycles. The van der Waals surface area contributed by atoms with Gasteiger partial charge in [-0.25, -0.2) is 0 Å². The summed E-state index contributed by atoms with van der Waals surface area (Å²) in [6.07, 6.45) is 2.87. The number of aliphatic hydroxyl groups excluding tert-OH is 1. The van der Waals surface area contributed by atoms with E-state index in [-0.39, 0.29) is 18.9 Å². The number of hydrogen-bond donors (Lipinski definition) is 2. The summed E-state index contributed by atoms with van der Waals surface area (Å²) in [7, 11) is 1.79. The second-order valence-electron chi connectivity index (χ2n) is 6.01. The summed E-state index contributed by atoms with van der Waals surface area (Å²) in [5.41, 5.74) is 3.90. The zero-order valence-electron chi connectivity index (χ0n) is 14.1. The monoisotopic (exact) mass is 335 g/mol. The third-order valence-corrected chi connectivity index (χ3v) is 4.03. The number of nitrogens with one attached hydrogen (secondary N) is 1. The molecule has 2 aromatic carbocycles. The third-order valence-electron chi connectivity index (χ3n) is 4.03. The summed E-state index contributed by atoms with van der Waals surface area (Å²) in [4.78, 5) is 12.1. The molecule has 0 unspecified atom stereocenters. The van der Waals surface area contributed by atoms with Gasteiger partial charge in [-0.1, -0.05) is 54.6 Å². The van der Waals surface area contributed by atoms with E-state index in [0.29, 0.717) is 5.56 Å². The minimum Gasteiger partial charge on any atom is -0.386 e. The van der Waals surface area contributed by atoms with Crippen molar-refractivity contribution in [1.82, 2.24) is 15.1 Å². The summed E-state index contributed by atoms with van der Waals surface area (Å²) >= 11 is 0. The van der Waals surface area contributed by atoms with Gasteiger partial charge < -0.3 is 10.4 Å². The summed E-state index contributed by atoms with van der Waals surface area (Å²) in [5.74, 6) is -0.115. The molecule has 128 valence electrons. The molecule has 0 saturated heterocycles. The van der Waals surface area contributed by atoms with Crippen LogP contribution in [0.1, 0.15) is 17.2 Å². The fourth-order valence-corrected chi connectivity index (χ4v) is 2.63. The maximum absolute atomic E-state index is 12.1. The Morgan fingerprint density at radius 3 is 2.44 bits per heavy atom. The van der Waals surface area contributed by atoms with Crippen molar-refractivity contribution >= 4 is 5.91 Å². The van der Waals surface area contributed by atoms with Crippen LogP contribution in [0.3, 0.4) is 0 Å². The molecule has 0 fully saturated rings. The van der Waals surface area contributed by atoms with Crippen LogP contribution in [0.2, 0.25) is 0 Å². The molecule has 0 aliphatic carbocycles. The highest BCUT2D eigenvalue weighted by molar-refractivity contribution is 5.78. The van der Waals surface area contributed by atoms with Crippen molar-refractivity contribution < 1.29 is 9.90 Å². The number of aryl methyl sites for hydroxylation is 1. The Balaban J connectivity index is 1.52. The molecular weight excluding hydrogens is 314 g/mol. The van der Waals surface area contributed by atoms with Crippen LogP contribution in [-0.2, 0) is 18.3 Å². The Bertz CT molecular complexity index is 826. The van der Waals surface area contributed by atoms with Crippen LogP contribution in [0.25, 0.3) is 11.1 Å². The average molecular weight is 335 g/mol. The summed E-state index contributed by atoms with van der Waals surface area (Å²) in [6.45, 7) is 0.173. The predicted molar refractivity (Wildman–Crippen MR) is 96.8 cm³/mol. The number of amides is 1. The molecule has 0 aliphatic heterocycles. The van der Waals surface area contributed by atoms with Crippen molar-refractivity contribution in [3.05, 3.63) is 78.1 Å². The van der Waals surface area contributed by atoms with Gasteiger partial charge in [-0.15, -0.1) is 0 Å². The number of carbonyl (C=O) groups is 1. The van der Waals surface area contributed by atoms with E-state index < -0.39 is 6.10 Å². The fourth-order valence-electron chi connectivity index (χ4n) is 2.63. The van der Waals surface area contributed by atoms with E-state index in [0.717, 1.165) is 16.7 Å². The number of aliphatic hydroxyl groups is 1. The van der Waals surface area contributed by atoms with Gasteiger partial charge in [0, 0.05) is 25.4 Å². The standard InChI is InChI=1S/C20H21N3O2/c1-23-14-18(12-22-23)19(24)13-21-20(25)11-15-7-9-17(10-8-15)16-5-3-2-4-6-16/h2-10,12,14,19,24H,11,13H2,1H3,(H,21,25)/t19-/m1/s1. The number of nitrogens with zero attached hydrogens (tertiary/aromatic N) is 2. The molecule has 1 amide bonds. The predicted octanol–water partition coefficient (Wildman–Crippen LogP) is 2.48. The van der Waals surface area contributed by atoms with Gasteiger partial charge in [0.25, 0.3) is 0 Å². The first-order valence-corrected chi connectivity index (χ1v) is 8.19. The van der Waals surface area contributed by atoms with Gasteiger partial charge in [0.05, 0.1) is 18.7 Å². The van der Waals surface area contributed by atoms with Crippen LogP contribution in [-0.4, -0.2) is 27.3 Å². The lowest BCUT2D eigenvalue weighted by molar-refractivity contribution is -0.120. The van der Waals surface area contributed by atoms with Crippen molar-refractivity contribution in [2.75, 3.05) is 6.54 Å². The minimum atomic E-state index is -0.752. The van der Waals surface area contributed by atoms with Crippen molar-refractivity contribution in [3.8, 4) is 11.1 Å². The Kier molecular flexibility index (Phi) is 5.26. The lowest BCUT2D eigenvalue weighted by Crippen LogP contribution is -2.29. The number of benzene rings is 2. The normalized spacial score (nSPS) is 11.9. The Morgan fingerprint density at radius 2 is 1.80 bits per heavy atom. The number of carbonyl (C=O) groups excluding carboxylic acids is 1. The summed E-state index contributed by atoms with van der Waals surface area (Å²) < 4.78 is 1.62. The molecule has 1 atom stereocenters. The van der Waals surface area contributed by atoms with Crippen LogP contribution in [0, 0.1) is 0 Å². The molecule has 0 spiro atoms. The second-order valence-corrected chi connectivity index (χ2v) is 6.01. The molecule has 3 aromatic rings. The number of aromatic nitrogens is 2. The smallest absolute Gasteiger partial charge is 0.224 e. The lowest BCUT2D eigenvalue weighted by Gasteiger charge is -2.10. The maximum atomic E-state index is 12.1. The van der Waals surface area contributed by atoms with Crippen molar-refractivity contribution in [1.29, 1.82) is 0 Å². The largest absolute Gasteiger partial charge is 0.386 e. The van der Waals surface area contributed by atoms with E-state index in [2.05, 4.69) is 22.5 Å². The van der Waals surface area contributed by atoms with Crippen molar-refractivity contribution in [2.45, 2.75) is 12.5 Å². The van der Waals surface area contributed by atoms with Crippen molar-refractivity contribution in [2.24, 2.45) is 7.05 Å². The molecule has 2 N–H and O–H groups in total. The van der Waals surface area contributed by atoms with Gasteiger partial charge in [0.1, 0.15) is 0 Å². The summed E-state index contributed by atoms with van der Waals surface area (Å²) in [5, 5.41) is 16.8. The van der Waals surface area contributed by atoms with Crippen LogP contribution < -0.4 is 5.32 Å². The van der Waals surface area contributed by atoms with E-state index in [1.807, 2.05) is 42.5 Å². The fraction of sp³-hybridized carbons (Fsp3) is 0.200. The van der Waals surface area contributed by atoms with E-state index in [1.54, 1.807) is 24.1 Å². The van der Waals surface area contributed by atoms with Crippen LogP contribution in [0.5, 0.6) is 0 Å². The van der Waals surface area contributed by atoms with E-state index in [9.17, 15) is 9.90 Å². The first kappa shape index (κ1) is 16.9. The molecule has 5 heteroatoms. The van der Waals surface area contributed by atoms with Crippen LogP contribution >= 0.6 is 0 Å². The molecule has 1 aromatic heterocycles. The quantitative estimate of drug-likeness (QED) is 0.727.